The van der Waals surface area contributed by atoms with E-state index in [-0.39, 0.29) is 11.5 Å². The zero-order valence-electron chi connectivity index (χ0n) is 14.6. The number of benzene rings is 2. The summed E-state index contributed by atoms with van der Waals surface area (Å²) in [5, 5.41) is 1.26. The molecule has 134 valence electrons. The first-order chi connectivity index (χ1) is 12.5. The highest BCUT2D eigenvalue weighted by Gasteiger charge is 2.26. The third-order valence-corrected chi connectivity index (χ3v) is 5.32. The van der Waals surface area contributed by atoms with Crippen LogP contribution >= 0.6 is 0 Å². The standard InChI is InChI=1S/C21H20F2N2O/c1-24-13-17(16-4-2-3-5-20(16)24)14-8-10-25(11-9-14)21(26)15-6-7-18(22)19(23)12-15/h2-7,12-14H,8-11H2,1H3. The fourth-order valence-corrected chi connectivity index (χ4v) is 3.90. The molecule has 1 aliphatic rings. The Labute approximate surface area is 150 Å². The molecule has 1 saturated heterocycles. The predicted molar refractivity (Wildman–Crippen MR) is 97.2 cm³/mol. The fourth-order valence-electron chi connectivity index (χ4n) is 3.90. The van der Waals surface area contributed by atoms with Crippen molar-refractivity contribution >= 4 is 16.8 Å². The third kappa shape index (κ3) is 2.87. The van der Waals surface area contributed by atoms with Gasteiger partial charge in [-0.2, -0.15) is 0 Å². The SMILES string of the molecule is Cn1cc(C2CCN(C(=O)c3ccc(F)c(F)c3)CC2)c2ccccc21. The topological polar surface area (TPSA) is 25.2 Å². The molecular weight excluding hydrogens is 334 g/mol. The number of rotatable bonds is 2. The van der Waals surface area contributed by atoms with Gasteiger partial charge in [-0.25, -0.2) is 8.78 Å². The van der Waals surface area contributed by atoms with Crippen LogP contribution in [0, 0.1) is 11.6 Å². The van der Waals surface area contributed by atoms with Crippen LogP contribution in [-0.2, 0) is 7.05 Å². The molecule has 3 nitrogen and oxygen atoms in total. The number of hydrogen-bond donors (Lipinski definition) is 0. The predicted octanol–water partition coefficient (Wildman–Crippen LogP) is 4.48. The van der Waals surface area contributed by atoms with Crippen molar-refractivity contribution in [2.75, 3.05) is 13.1 Å². The molecule has 1 aliphatic heterocycles. The van der Waals surface area contributed by atoms with Gasteiger partial charge in [-0.05, 0) is 48.6 Å². The minimum Gasteiger partial charge on any atom is -0.350 e. The first kappa shape index (κ1) is 16.8. The number of likely N-dealkylation sites (tertiary alicyclic amines) is 1. The molecule has 3 aromatic rings. The van der Waals surface area contributed by atoms with Crippen LogP contribution in [0.5, 0.6) is 0 Å². The molecule has 1 amide bonds. The van der Waals surface area contributed by atoms with Crippen molar-refractivity contribution < 1.29 is 13.6 Å². The molecule has 1 aromatic heterocycles. The molecule has 0 bridgehead atoms. The fraction of sp³-hybridized carbons (Fsp3) is 0.286. The Bertz CT molecular complexity index is 971. The van der Waals surface area contributed by atoms with E-state index in [1.54, 1.807) is 4.90 Å². The van der Waals surface area contributed by atoms with Crippen LogP contribution in [0.15, 0.2) is 48.7 Å². The van der Waals surface area contributed by atoms with Crippen molar-refractivity contribution in [3.63, 3.8) is 0 Å². The summed E-state index contributed by atoms with van der Waals surface area (Å²) in [6, 6.07) is 11.7. The van der Waals surface area contributed by atoms with Gasteiger partial charge >= 0.3 is 0 Å². The lowest BCUT2D eigenvalue weighted by Gasteiger charge is -2.32. The van der Waals surface area contributed by atoms with Gasteiger partial charge < -0.3 is 9.47 Å². The number of aryl methyl sites for hydroxylation is 1. The number of aromatic nitrogens is 1. The molecular formula is C21H20F2N2O. The second kappa shape index (κ2) is 6.56. The molecule has 0 radical (unpaired) electrons. The van der Waals surface area contributed by atoms with Crippen LogP contribution in [0.1, 0.15) is 34.7 Å². The van der Waals surface area contributed by atoms with Gasteiger partial charge in [0, 0.05) is 42.8 Å². The zero-order chi connectivity index (χ0) is 18.3. The average Bonchev–Trinajstić information content (AvgIpc) is 3.01. The van der Waals surface area contributed by atoms with Gasteiger partial charge in [0.1, 0.15) is 0 Å². The van der Waals surface area contributed by atoms with Gasteiger partial charge in [0.2, 0.25) is 0 Å². The summed E-state index contributed by atoms with van der Waals surface area (Å²) < 4.78 is 28.6. The van der Waals surface area contributed by atoms with Gasteiger partial charge in [0.25, 0.3) is 5.91 Å². The second-order valence-corrected chi connectivity index (χ2v) is 6.91. The number of fused-ring (bicyclic) bond motifs is 1. The number of nitrogens with zero attached hydrogens (tertiary/aromatic N) is 2. The Morgan fingerprint density at radius 1 is 1.04 bits per heavy atom. The molecule has 5 heteroatoms. The third-order valence-electron chi connectivity index (χ3n) is 5.32. The summed E-state index contributed by atoms with van der Waals surface area (Å²) >= 11 is 0. The molecule has 2 heterocycles. The monoisotopic (exact) mass is 354 g/mol. The van der Waals surface area contributed by atoms with Crippen molar-refractivity contribution in [3.05, 3.63) is 71.4 Å². The molecule has 1 fully saturated rings. The van der Waals surface area contributed by atoms with Crippen LogP contribution in [0.2, 0.25) is 0 Å². The number of amides is 1. The van der Waals surface area contributed by atoms with E-state index >= 15 is 0 Å². The van der Waals surface area contributed by atoms with Crippen molar-refractivity contribution in [1.82, 2.24) is 9.47 Å². The lowest BCUT2D eigenvalue weighted by atomic mass is 9.89. The van der Waals surface area contributed by atoms with E-state index in [4.69, 9.17) is 0 Å². The quantitative estimate of drug-likeness (QED) is 0.666. The van der Waals surface area contributed by atoms with Crippen LogP contribution in [0.3, 0.4) is 0 Å². The number of carbonyl (C=O) groups is 1. The Kier molecular flexibility index (Phi) is 4.23. The number of para-hydroxylation sites is 1. The van der Waals surface area contributed by atoms with Gasteiger partial charge in [-0.3, -0.25) is 4.79 Å². The Balaban J connectivity index is 1.50. The second-order valence-electron chi connectivity index (χ2n) is 6.91. The molecule has 4 rings (SSSR count). The summed E-state index contributed by atoms with van der Waals surface area (Å²) in [4.78, 5) is 14.3. The Hall–Kier alpha value is -2.69. The zero-order valence-corrected chi connectivity index (χ0v) is 14.6. The molecule has 2 aromatic carbocycles. The summed E-state index contributed by atoms with van der Waals surface area (Å²) in [6.45, 7) is 1.23. The van der Waals surface area contributed by atoms with Gasteiger partial charge in [0.05, 0.1) is 0 Å². The number of carbonyl (C=O) groups excluding carboxylic acids is 1. The first-order valence-electron chi connectivity index (χ1n) is 8.83. The summed E-state index contributed by atoms with van der Waals surface area (Å²) in [6.07, 6.45) is 3.91. The highest BCUT2D eigenvalue weighted by molar-refractivity contribution is 5.94. The largest absolute Gasteiger partial charge is 0.350 e. The van der Waals surface area contributed by atoms with Crippen LogP contribution < -0.4 is 0 Å². The lowest BCUT2D eigenvalue weighted by Crippen LogP contribution is -2.38. The van der Waals surface area contributed by atoms with Crippen molar-refractivity contribution in [3.8, 4) is 0 Å². The summed E-state index contributed by atoms with van der Waals surface area (Å²) in [5.74, 6) is -1.76. The minimum absolute atomic E-state index is 0.201. The lowest BCUT2D eigenvalue weighted by molar-refractivity contribution is 0.0712. The van der Waals surface area contributed by atoms with E-state index < -0.39 is 11.6 Å². The molecule has 0 N–H and O–H groups in total. The molecule has 0 saturated carbocycles. The molecule has 0 unspecified atom stereocenters. The highest BCUT2D eigenvalue weighted by atomic mass is 19.2. The number of piperidine rings is 1. The maximum Gasteiger partial charge on any atom is 0.253 e. The minimum atomic E-state index is -0.985. The molecule has 26 heavy (non-hydrogen) atoms. The van der Waals surface area contributed by atoms with Gasteiger partial charge in [0.15, 0.2) is 11.6 Å². The molecule has 0 atom stereocenters. The van der Waals surface area contributed by atoms with E-state index in [2.05, 4.69) is 22.9 Å². The summed E-state index contributed by atoms with van der Waals surface area (Å²) in [7, 11) is 2.05. The number of hydrogen-bond acceptors (Lipinski definition) is 1. The first-order valence-corrected chi connectivity index (χ1v) is 8.83. The maximum absolute atomic E-state index is 13.4. The van der Waals surface area contributed by atoms with E-state index in [0.29, 0.717) is 19.0 Å². The average molecular weight is 354 g/mol. The molecule has 0 aliphatic carbocycles. The van der Waals surface area contributed by atoms with Crippen molar-refractivity contribution in [2.24, 2.45) is 7.05 Å². The highest BCUT2D eigenvalue weighted by Crippen LogP contribution is 2.34. The maximum atomic E-state index is 13.4. The van der Waals surface area contributed by atoms with E-state index in [9.17, 15) is 13.6 Å². The van der Waals surface area contributed by atoms with E-state index in [0.717, 1.165) is 25.0 Å². The summed E-state index contributed by atoms with van der Waals surface area (Å²) in [5.41, 5.74) is 2.73. The number of halogens is 2. The Morgan fingerprint density at radius 2 is 1.77 bits per heavy atom. The Morgan fingerprint density at radius 3 is 2.50 bits per heavy atom. The van der Waals surface area contributed by atoms with E-state index in [1.807, 2.05) is 19.2 Å². The molecule has 0 spiro atoms. The van der Waals surface area contributed by atoms with Crippen LogP contribution in [0.25, 0.3) is 10.9 Å². The normalized spacial score (nSPS) is 15.6. The van der Waals surface area contributed by atoms with Crippen molar-refractivity contribution in [2.45, 2.75) is 18.8 Å². The van der Waals surface area contributed by atoms with Gasteiger partial charge in [-0.1, -0.05) is 18.2 Å². The van der Waals surface area contributed by atoms with Crippen LogP contribution in [0.4, 0.5) is 8.78 Å². The van der Waals surface area contributed by atoms with Crippen LogP contribution in [-0.4, -0.2) is 28.5 Å². The van der Waals surface area contributed by atoms with Crippen molar-refractivity contribution in [1.29, 1.82) is 0 Å². The van der Waals surface area contributed by atoms with Gasteiger partial charge in [-0.15, -0.1) is 0 Å². The smallest absolute Gasteiger partial charge is 0.253 e. The van der Waals surface area contributed by atoms with E-state index in [1.165, 1.54) is 22.5 Å².